The second-order valence-electron chi connectivity index (χ2n) is 3.31. The van der Waals surface area contributed by atoms with Gasteiger partial charge in [0.2, 0.25) is 11.9 Å². The highest BCUT2D eigenvalue weighted by Crippen LogP contribution is 2.17. The predicted octanol–water partition coefficient (Wildman–Crippen LogP) is 1.08. The molecule has 0 saturated carbocycles. The molecule has 0 aliphatic heterocycles. The van der Waals surface area contributed by atoms with Crippen LogP contribution in [-0.4, -0.2) is 21.7 Å². The third kappa shape index (κ3) is 1.76. The van der Waals surface area contributed by atoms with Crippen molar-refractivity contribution in [3.63, 3.8) is 0 Å². The molecule has 1 aliphatic carbocycles. The van der Waals surface area contributed by atoms with E-state index >= 15 is 0 Å². The number of hydrogen-bond donors (Lipinski definition) is 3. The Morgan fingerprint density at radius 1 is 1.64 bits per heavy atom. The van der Waals surface area contributed by atoms with Crippen LogP contribution in [0.1, 0.15) is 13.3 Å². The number of aromatic amines is 1. The summed E-state index contributed by atoms with van der Waals surface area (Å²) < 4.78 is 0. The molecular weight excluding hydrogens is 178 g/mol. The average molecular weight is 191 g/mol. The summed E-state index contributed by atoms with van der Waals surface area (Å²) >= 11 is 0. The first-order valence-electron chi connectivity index (χ1n) is 4.52. The number of nitrogens with one attached hydrogen (secondary N) is 2. The predicted molar refractivity (Wildman–Crippen MR) is 55.7 cm³/mol. The van der Waals surface area contributed by atoms with Crippen molar-refractivity contribution in [3.8, 4) is 0 Å². The second kappa shape index (κ2) is 3.53. The van der Waals surface area contributed by atoms with Crippen molar-refractivity contribution in [2.24, 2.45) is 0 Å². The number of allylic oxidation sites excluding steroid dienone is 2. The van der Waals surface area contributed by atoms with E-state index in [1.54, 1.807) is 0 Å². The Labute approximate surface area is 82.1 Å². The van der Waals surface area contributed by atoms with Crippen LogP contribution < -0.4 is 11.1 Å². The lowest BCUT2D eigenvalue weighted by Gasteiger charge is -2.02. The summed E-state index contributed by atoms with van der Waals surface area (Å²) in [6.07, 6.45) is 5.32. The Balaban J connectivity index is 1.94. The number of aromatic nitrogens is 3. The van der Waals surface area contributed by atoms with Crippen molar-refractivity contribution in [3.05, 3.63) is 23.3 Å². The maximum Gasteiger partial charge on any atom is 0.243 e. The standard InChI is InChI=1S/C9H13N5/c1-6-3-2-4-7(6)5-11-9-12-8(10)13-14-9/h2,4H,3,5H2,1H3,(H4,10,11,12,13,14). The van der Waals surface area contributed by atoms with E-state index in [0.29, 0.717) is 11.9 Å². The van der Waals surface area contributed by atoms with Gasteiger partial charge in [0.25, 0.3) is 0 Å². The Morgan fingerprint density at radius 3 is 3.07 bits per heavy atom. The van der Waals surface area contributed by atoms with Gasteiger partial charge in [-0.05, 0) is 18.9 Å². The summed E-state index contributed by atoms with van der Waals surface area (Å²) in [7, 11) is 0. The van der Waals surface area contributed by atoms with Crippen LogP contribution in [0.25, 0.3) is 0 Å². The van der Waals surface area contributed by atoms with E-state index < -0.39 is 0 Å². The van der Waals surface area contributed by atoms with Crippen LogP contribution in [0.5, 0.6) is 0 Å². The Hall–Kier alpha value is -1.78. The van der Waals surface area contributed by atoms with E-state index in [4.69, 9.17) is 5.73 Å². The van der Waals surface area contributed by atoms with Crippen molar-refractivity contribution in [2.75, 3.05) is 17.6 Å². The number of nitrogens with zero attached hydrogens (tertiary/aromatic N) is 2. The fourth-order valence-corrected chi connectivity index (χ4v) is 1.39. The van der Waals surface area contributed by atoms with Gasteiger partial charge >= 0.3 is 0 Å². The van der Waals surface area contributed by atoms with Gasteiger partial charge in [0.1, 0.15) is 0 Å². The average Bonchev–Trinajstić information content (AvgIpc) is 2.72. The highest BCUT2D eigenvalue weighted by atomic mass is 15.3. The monoisotopic (exact) mass is 191 g/mol. The number of nitrogen functional groups attached to an aromatic ring is 1. The van der Waals surface area contributed by atoms with Gasteiger partial charge in [-0.25, -0.2) is 5.10 Å². The normalized spacial score (nSPS) is 15.2. The summed E-state index contributed by atoms with van der Waals surface area (Å²) in [5.41, 5.74) is 8.08. The lowest BCUT2D eigenvalue weighted by Crippen LogP contribution is -2.05. The molecule has 0 unspecified atom stereocenters. The molecule has 0 bridgehead atoms. The van der Waals surface area contributed by atoms with Crippen molar-refractivity contribution in [1.82, 2.24) is 15.2 Å². The van der Waals surface area contributed by atoms with Crippen molar-refractivity contribution >= 4 is 11.9 Å². The van der Waals surface area contributed by atoms with Crippen molar-refractivity contribution in [1.29, 1.82) is 0 Å². The molecule has 14 heavy (non-hydrogen) atoms. The Morgan fingerprint density at radius 2 is 2.50 bits per heavy atom. The van der Waals surface area contributed by atoms with Crippen LogP contribution >= 0.6 is 0 Å². The summed E-state index contributed by atoms with van der Waals surface area (Å²) in [5.74, 6) is 0.878. The summed E-state index contributed by atoms with van der Waals surface area (Å²) in [5, 5.41) is 9.55. The molecule has 5 heteroatoms. The molecule has 0 aromatic carbocycles. The van der Waals surface area contributed by atoms with Gasteiger partial charge in [-0.1, -0.05) is 17.7 Å². The summed E-state index contributed by atoms with van der Waals surface area (Å²) in [6, 6.07) is 0. The molecular formula is C9H13N5. The first-order valence-corrected chi connectivity index (χ1v) is 4.52. The number of hydrogen-bond acceptors (Lipinski definition) is 4. The Kier molecular flexibility index (Phi) is 2.22. The van der Waals surface area contributed by atoms with E-state index in [-0.39, 0.29) is 0 Å². The molecule has 0 saturated heterocycles. The summed E-state index contributed by atoms with van der Waals surface area (Å²) in [6.45, 7) is 2.88. The summed E-state index contributed by atoms with van der Waals surface area (Å²) in [4.78, 5) is 3.95. The van der Waals surface area contributed by atoms with E-state index in [1.807, 2.05) is 0 Å². The van der Waals surface area contributed by atoms with E-state index in [1.165, 1.54) is 11.1 Å². The highest BCUT2D eigenvalue weighted by molar-refractivity contribution is 5.39. The van der Waals surface area contributed by atoms with Crippen LogP contribution in [0.2, 0.25) is 0 Å². The molecule has 0 amide bonds. The molecule has 0 atom stereocenters. The third-order valence-corrected chi connectivity index (χ3v) is 2.23. The highest BCUT2D eigenvalue weighted by Gasteiger charge is 2.05. The quantitative estimate of drug-likeness (QED) is 0.667. The van der Waals surface area contributed by atoms with Crippen LogP contribution in [0.3, 0.4) is 0 Å². The molecule has 0 radical (unpaired) electrons. The Bertz CT molecular complexity index is 388. The minimum Gasteiger partial charge on any atom is -0.368 e. The zero-order valence-electron chi connectivity index (χ0n) is 8.04. The van der Waals surface area contributed by atoms with Crippen LogP contribution in [0.15, 0.2) is 23.3 Å². The number of anilines is 2. The second-order valence-corrected chi connectivity index (χ2v) is 3.31. The molecule has 1 aromatic rings. The smallest absolute Gasteiger partial charge is 0.243 e. The molecule has 5 nitrogen and oxygen atoms in total. The topological polar surface area (TPSA) is 79.6 Å². The molecule has 1 heterocycles. The largest absolute Gasteiger partial charge is 0.368 e. The van der Waals surface area contributed by atoms with Crippen LogP contribution in [0, 0.1) is 0 Å². The minimum atomic E-state index is 0.333. The van der Waals surface area contributed by atoms with Gasteiger partial charge in [0.15, 0.2) is 0 Å². The molecule has 0 spiro atoms. The van der Waals surface area contributed by atoms with Crippen LogP contribution in [-0.2, 0) is 0 Å². The number of rotatable bonds is 3. The number of H-pyrrole nitrogens is 1. The molecule has 2 rings (SSSR count). The maximum atomic E-state index is 5.39. The molecule has 74 valence electrons. The first kappa shape index (κ1) is 8.80. The zero-order chi connectivity index (χ0) is 9.97. The van der Waals surface area contributed by atoms with Gasteiger partial charge in [-0.2, -0.15) is 4.98 Å². The SMILES string of the molecule is CC1=C(CNc2n[nH]c(N)n2)C=CC1. The molecule has 0 fully saturated rings. The van der Waals surface area contributed by atoms with Gasteiger partial charge < -0.3 is 11.1 Å². The minimum absolute atomic E-state index is 0.333. The van der Waals surface area contributed by atoms with Crippen LogP contribution in [0.4, 0.5) is 11.9 Å². The van der Waals surface area contributed by atoms with Gasteiger partial charge in [0, 0.05) is 6.54 Å². The van der Waals surface area contributed by atoms with Crippen molar-refractivity contribution < 1.29 is 0 Å². The molecule has 4 N–H and O–H groups in total. The fraction of sp³-hybridized carbons (Fsp3) is 0.333. The third-order valence-electron chi connectivity index (χ3n) is 2.23. The maximum absolute atomic E-state index is 5.39. The van der Waals surface area contributed by atoms with E-state index in [9.17, 15) is 0 Å². The first-order chi connectivity index (χ1) is 6.75. The lowest BCUT2D eigenvalue weighted by atomic mass is 10.2. The fourth-order valence-electron chi connectivity index (χ4n) is 1.39. The molecule has 1 aromatic heterocycles. The molecule has 1 aliphatic rings. The zero-order valence-corrected chi connectivity index (χ0v) is 8.04. The van der Waals surface area contributed by atoms with Crippen molar-refractivity contribution in [2.45, 2.75) is 13.3 Å². The lowest BCUT2D eigenvalue weighted by molar-refractivity contribution is 1.07. The van der Waals surface area contributed by atoms with E-state index in [0.717, 1.165) is 13.0 Å². The van der Waals surface area contributed by atoms with Gasteiger partial charge in [0.05, 0.1) is 0 Å². The van der Waals surface area contributed by atoms with Gasteiger partial charge in [-0.15, -0.1) is 5.10 Å². The van der Waals surface area contributed by atoms with Gasteiger partial charge in [-0.3, -0.25) is 0 Å². The van der Waals surface area contributed by atoms with E-state index in [2.05, 4.69) is 39.6 Å². The number of nitrogens with two attached hydrogens (primary N) is 1.